The zero-order chi connectivity index (χ0) is 20.1. The van der Waals surface area contributed by atoms with Crippen LogP contribution in [-0.2, 0) is 4.79 Å². The first-order valence-corrected chi connectivity index (χ1v) is 10.3. The van der Waals surface area contributed by atoms with Crippen molar-refractivity contribution in [2.75, 3.05) is 20.3 Å². The molecule has 4 heteroatoms. The third kappa shape index (κ3) is 9.50. The minimum absolute atomic E-state index is 0.0545. The van der Waals surface area contributed by atoms with Crippen molar-refractivity contribution in [1.82, 2.24) is 5.32 Å². The molecule has 152 valence electrons. The molecule has 1 unspecified atom stereocenters. The monoisotopic (exact) mass is 375 g/mol. The van der Waals surface area contributed by atoms with Crippen LogP contribution in [0.15, 0.2) is 24.3 Å². The van der Waals surface area contributed by atoms with Gasteiger partial charge in [0.2, 0.25) is 5.91 Å². The van der Waals surface area contributed by atoms with Crippen molar-refractivity contribution in [3.05, 3.63) is 29.8 Å². The quantitative estimate of drug-likeness (QED) is 0.465. The first kappa shape index (κ1) is 23.1. The minimum atomic E-state index is -0.0545. The van der Waals surface area contributed by atoms with Gasteiger partial charge in [0, 0.05) is 12.6 Å². The Labute approximate surface area is 165 Å². The summed E-state index contributed by atoms with van der Waals surface area (Å²) in [5, 5.41) is 3.01. The average molecular weight is 376 g/mol. The Kier molecular flexibility index (Phi) is 11.3. The van der Waals surface area contributed by atoms with E-state index < -0.39 is 0 Å². The van der Waals surface area contributed by atoms with Gasteiger partial charge in [0.15, 0.2) is 11.5 Å². The van der Waals surface area contributed by atoms with E-state index in [1.807, 2.05) is 24.3 Å². The molecule has 1 N–H and O–H groups in total. The highest BCUT2D eigenvalue weighted by atomic mass is 16.5. The number of nitrogens with one attached hydrogen (secondary N) is 1. The van der Waals surface area contributed by atoms with Crippen LogP contribution in [0.3, 0.4) is 0 Å². The van der Waals surface area contributed by atoms with Crippen molar-refractivity contribution in [3.63, 3.8) is 0 Å². The number of unbranched alkanes of at least 4 members (excludes halogenated alkanes) is 1. The number of benzene rings is 1. The molecule has 1 rings (SSSR count). The third-order valence-corrected chi connectivity index (χ3v) is 4.68. The summed E-state index contributed by atoms with van der Waals surface area (Å²) in [5.74, 6) is 2.53. The lowest BCUT2D eigenvalue weighted by Crippen LogP contribution is -2.27. The Bertz CT molecular complexity index is 581. The maximum absolute atomic E-state index is 12.1. The molecular weight excluding hydrogens is 338 g/mol. The summed E-state index contributed by atoms with van der Waals surface area (Å²) in [5.41, 5.74) is 0.913. The Morgan fingerprint density at radius 3 is 2.59 bits per heavy atom. The average Bonchev–Trinajstić information content (AvgIpc) is 2.66. The van der Waals surface area contributed by atoms with E-state index >= 15 is 0 Å². The maximum Gasteiger partial charge on any atom is 0.244 e. The van der Waals surface area contributed by atoms with Gasteiger partial charge < -0.3 is 14.8 Å². The maximum atomic E-state index is 12.1. The first-order chi connectivity index (χ1) is 13.0. The van der Waals surface area contributed by atoms with Crippen molar-refractivity contribution in [3.8, 4) is 11.5 Å². The van der Waals surface area contributed by atoms with Gasteiger partial charge in [0.05, 0.1) is 13.7 Å². The fourth-order valence-corrected chi connectivity index (χ4v) is 2.73. The molecule has 27 heavy (non-hydrogen) atoms. The van der Waals surface area contributed by atoms with Gasteiger partial charge in [-0.1, -0.05) is 53.0 Å². The molecule has 0 fully saturated rings. The van der Waals surface area contributed by atoms with Crippen LogP contribution in [0, 0.1) is 11.8 Å². The Balaban J connectivity index is 2.57. The lowest BCUT2D eigenvalue weighted by atomic mass is 9.99. The second-order valence-electron chi connectivity index (χ2n) is 7.44. The molecule has 0 saturated heterocycles. The van der Waals surface area contributed by atoms with Crippen LogP contribution in [-0.4, -0.2) is 26.2 Å². The molecule has 0 saturated carbocycles. The van der Waals surface area contributed by atoms with E-state index in [2.05, 4.69) is 33.0 Å². The lowest BCUT2D eigenvalue weighted by molar-refractivity contribution is -0.116. The van der Waals surface area contributed by atoms with Crippen molar-refractivity contribution in [1.29, 1.82) is 0 Å². The summed E-state index contributed by atoms with van der Waals surface area (Å²) in [6.07, 6.45) is 9.08. The molecule has 1 atom stereocenters. The Morgan fingerprint density at radius 2 is 1.96 bits per heavy atom. The summed E-state index contributed by atoms with van der Waals surface area (Å²) in [6.45, 7) is 10.1. The van der Waals surface area contributed by atoms with Crippen LogP contribution in [0.25, 0.3) is 6.08 Å². The van der Waals surface area contributed by atoms with Gasteiger partial charge in [-0.25, -0.2) is 0 Å². The number of hydrogen-bond donors (Lipinski definition) is 1. The van der Waals surface area contributed by atoms with E-state index in [0.717, 1.165) is 30.7 Å². The van der Waals surface area contributed by atoms with E-state index in [9.17, 15) is 4.79 Å². The summed E-state index contributed by atoms with van der Waals surface area (Å²) in [6, 6.07) is 5.73. The van der Waals surface area contributed by atoms with E-state index in [1.165, 1.54) is 19.3 Å². The number of hydrogen-bond acceptors (Lipinski definition) is 3. The summed E-state index contributed by atoms with van der Waals surface area (Å²) in [7, 11) is 1.63. The number of ether oxygens (including phenoxy) is 2. The van der Waals surface area contributed by atoms with Crippen LogP contribution in [0.5, 0.6) is 11.5 Å². The zero-order valence-electron chi connectivity index (χ0n) is 17.7. The first-order valence-electron chi connectivity index (χ1n) is 10.3. The smallest absolute Gasteiger partial charge is 0.244 e. The second kappa shape index (κ2) is 13.2. The number of rotatable bonds is 13. The molecule has 1 amide bonds. The highest BCUT2D eigenvalue weighted by Crippen LogP contribution is 2.28. The molecule has 1 aromatic carbocycles. The van der Waals surface area contributed by atoms with Crippen LogP contribution < -0.4 is 14.8 Å². The molecule has 4 nitrogen and oxygen atoms in total. The SMILES string of the molecule is CCCCC(CC)CNC(=O)/C=C/c1ccc(OCCC(C)C)c(OC)c1. The Hall–Kier alpha value is -1.97. The van der Waals surface area contributed by atoms with Gasteiger partial charge in [0.25, 0.3) is 0 Å². The van der Waals surface area contributed by atoms with Gasteiger partial charge in [-0.05, 0) is 48.4 Å². The predicted octanol–water partition coefficient (Wildman–Crippen LogP) is 5.47. The van der Waals surface area contributed by atoms with Crippen molar-refractivity contribution in [2.24, 2.45) is 11.8 Å². The van der Waals surface area contributed by atoms with Crippen LogP contribution in [0.1, 0.15) is 65.4 Å². The summed E-state index contributed by atoms with van der Waals surface area (Å²) >= 11 is 0. The zero-order valence-corrected chi connectivity index (χ0v) is 17.7. The molecule has 0 aliphatic carbocycles. The van der Waals surface area contributed by atoms with Gasteiger partial charge in [-0.3, -0.25) is 4.79 Å². The molecule has 0 bridgehead atoms. The Morgan fingerprint density at radius 1 is 1.19 bits per heavy atom. The molecular formula is C23H37NO3. The number of carbonyl (C=O) groups excluding carboxylic acids is 1. The summed E-state index contributed by atoms with van der Waals surface area (Å²) < 4.78 is 11.2. The largest absolute Gasteiger partial charge is 0.493 e. The second-order valence-corrected chi connectivity index (χ2v) is 7.44. The standard InChI is InChI=1S/C23H37NO3/c1-6-8-9-19(7-2)17-24-23(25)13-11-20-10-12-21(22(16-20)26-5)27-15-14-18(3)4/h10-13,16,18-19H,6-9,14-15,17H2,1-5H3,(H,24,25)/b13-11+. The van der Waals surface area contributed by atoms with Gasteiger partial charge in [0.1, 0.15) is 0 Å². The van der Waals surface area contributed by atoms with Crippen LogP contribution >= 0.6 is 0 Å². The van der Waals surface area contributed by atoms with Crippen molar-refractivity contribution < 1.29 is 14.3 Å². The van der Waals surface area contributed by atoms with Crippen LogP contribution in [0.4, 0.5) is 0 Å². The van der Waals surface area contributed by atoms with Crippen molar-refractivity contribution >= 4 is 12.0 Å². The van der Waals surface area contributed by atoms with Gasteiger partial charge >= 0.3 is 0 Å². The molecule has 0 radical (unpaired) electrons. The molecule has 0 spiro atoms. The minimum Gasteiger partial charge on any atom is -0.493 e. The number of carbonyl (C=O) groups is 1. The lowest BCUT2D eigenvalue weighted by Gasteiger charge is -2.14. The fourth-order valence-electron chi connectivity index (χ4n) is 2.73. The number of amides is 1. The van der Waals surface area contributed by atoms with Crippen molar-refractivity contribution in [2.45, 2.75) is 59.8 Å². The van der Waals surface area contributed by atoms with E-state index in [-0.39, 0.29) is 5.91 Å². The summed E-state index contributed by atoms with van der Waals surface area (Å²) in [4.78, 5) is 12.1. The van der Waals surface area contributed by atoms with Gasteiger partial charge in [-0.2, -0.15) is 0 Å². The van der Waals surface area contributed by atoms with E-state index in [4.69, 9.17) is 9.47 Å². The highest BCUT2D eigenvalue weighted by Gasteiger charge is 2.08. The van der Waals surface area contributed by atoms with E-state index in [0.29, 0.717) is 24.2 Å². The van der Waals surface area contributed by atoms with Gasteiger partial charge in [-0.15, -0.1) is 0 Å². The highest BCUT2D eigenvalue weighted by molar-refractivity contribution is 5.91. The normalized spacial score (nSPS) is 12.4. The molecule has 0 aromatic heterocycles. The molecule has 1 aromatic rings. The molecule has 0 heterocycles. The van der Waals surface area contributed by atoms with Crippen LogP contribution in [0.2, 0.25) is 0 Å². The fraction of sp³-hybridized carbons (Fsp3) is 0.609. The molecule has 0 aliphatic rings. The third-order valence-electron chi connectivity index (χ3n) is 4.68. The predicted molar refractivity (Wildman–Crippen MR) is 113 cm³/mol. The topological polar surface area (TPSA) is 47.6 Å². The number of methoxy groups -OCH3 is 1. The molecule has 0 aliphatic heterocycles. The van der Waals surface area contributed by atoms with E-state index in [1.54, 1.807) is 13.2 Å².